The monoisotopic (exact) mass is 258 g/mol. The van der Waals surface area contributed by atoms with Gasteiger partial charge in [0, 0.05) is 6.20 Å². The third kappa shape index (κ3) is 2.79. The molecule has 0 saturated carbocycles. The van der Waals surface area contributed by atoms with Crippen LogP contribution in [0.2, 0.25) is 5.02 Å². The lowest BCUT2D eigenvalue weighted by molar-refractivity contribution is -0.144. The van der Waals surface area contributed by atoms with Gasteiger partial charge in [0.25, 0.3) is 5.91 Å². The van der Waals surface area contributed by atoms with Crippen molar-refractivity contribution in [1.82, 2.24) is 10.3 Å². The predicted octanol–water partition coefficient (Wildman–Crippen LogP) is 2.04. The van der Waals surface area contributed by atoms with Crippen molar-refractivity contribution in [2.24, 2.45) is 0 Å². The summed E-state index contributed by atoms with van der Waals surface area (Å²) in [4.78, 5) is 25.7. The Morgan fingerprint density at radius 3 is 2.41 bits per heavy atom. The number of rotatable bonds is 5. The van der Waals surface area contributed by atoms with Crippen LogP contribution in [-0.4, -0.2) is 27.5 Å². The van der Waals surface area contributed by atoms with Crippen LogP contribution in [0.4, 0.5) is 0 Å². The number of carboxylic acids is 1. The van der Waals surface area contributed by atoms with E-state index in [1.807, 2.05) is 0 Å². The van der Waals surface area contributed by atoms with Gasteiger partial charge in [-0.2, -0.15) is 0 Å². The molecule has 0 fully saturated rings. The number of hydrogen-bond donors (Lipinski definition) is 3. The molecule has 0 atom stereocenters. The van der Waals surface area contributed by atoms with Gasteiger partial charge in [0.2, 0.25) is 0 Å². The standard InChI is InChI=1S/C11H15ClN2O3/c1-3-11(4-2,10(16)17)14-9(15)8-5-7(12)6-13-8/h5-6,13H,3-4H2,1-2H3,(H,14,15)(H,16,17). The van der Waals surface area contributed by atoms with Crippen molar-refractivity contribution in [2.45, 2.75) is 32.2 Å². The molecule has 0 aliphatic heterocycles. The van der Waals surface area contributed by atoms with Gasteiger partial charge in [0.15, 0.2) is 0 Å². The maximum Gasteiger partial charge on any atom is 0.329 e. The summed E-state index contributed by atoms with van der Waals surface area (Å²) in [7, 11) is 0. The molecule has 1 heterocycles. The number of H-pyrrole nitrogens is 1. The summed E-state index contributed by atoms with van der Waals surface area (Å²) in [5.74, 6) is -1.50. The van der Waals surface area contributed by atoms with E-state index in [1.54, 1.807) is 13.8 Å². The van der Waals surface area contributed by atoms with Crippen molar-refractivity contribution in [1.29, 1.82) is 0 Å². The minimum absolute atomic E-state index is 0.252. The van der Waals surface area contributed by atoms with Crippen LogP contribution in [0.1, 0.15) is 37.2 Å². The zero-order valence-corrected chi connectivity index (χ0v) is 10.5. The summed E-state index contributed by atoms with van der Waals surface area (Å²) >= 11 is 5.68. The van der Waals surface area contributed by atoms with E-state index in [1.165, 1.54) is 12.3 Å². The molecule has 5 nitrogen and oxygen atoms in total. The van der Waals surface area contributed by atoms with Crippen molar-refractivity contribution < 1.29 is 14.7 Å². The van der Waals surface area contributed by atoms with Gasteiger partial charge in [-0.15, -0.1) is 0 Å². The number of aromatic nitrogens is 1. The zero-order valence-electron chi connectivity index (χ0n) is 9.71. The van der Waals surface area contributed by atoms with E-state index in [4.69, 9.17) is 11.6 Å². The number of carbonyl (C=O) groups excluding carboxylic acids is 1. The molecule has 1 aromatic rings. The Kier molecular flexibility index (Phi) is 4.17. The first kappa shape index (κ1) is 13.6. The van der Waals surface area contributed by atoms with Crippen LogP contribution in [0.5, 0.6) is 0 Å². The number of carboxylic acid groups (broad SMARTS) is 1. The highest BCUT2D eigenvalue weighted by Crippen LogP contribution is 2.17. The van der Waals surface area contributed by atoms with Crippen molar-refractivity contribution in [3.63, 3.8) is 0 Å². The highest BCUT2D eigenvalue weighted by molar-refractivity contribution is 6.31. The summed E-state index contributed by atoms with van der Waals surface area (Å²) in [5.41, 5.74) is -0.975. The van der Waals surface area contributed by atoms with Gasteiger partial charge in [0.05, 0.1) is 5.02 Å². The average Bonchev–Trinajstić information content (AvgIpc) is 2.72. The maximum atomic E-state index is 11.8. The first-order chi connectivity index (χ1) is 7.95. The van der Waals surface area contributed by atoms with Gasteiger partial charge in [-0.05, 0) is 18.9 Å². The molecular formula is C11H15ClN2O3. The predicted molar refractivity (Wildman–Crippen MR) is 64.2 cm³/mol. The van der Waals surface area contributed by atoms with Gasteiger partial charge in [-0.25, -0.2) is 4.79 Å². The Morgan fingerprint density at radius 1 is 1.47 bits per heavy atom. The van der Waals surface area contributed by atoms with Gasteiger partial charge >= 0.3 is 5.97 Å². The first-order valence-corrected chi connectivity index (χ1v) is 5.72. The number of aliphatic carboxylic acids is 1. The molecular weight excluding hydrogens is 244 g/mol. The minimum Gasteiger partial charge on any atom is -0.480 e. The third-order valence-electron chi connectivity index (χ3n) is 2.86. The molecule has 0 unspecified atom stereocenters. The number of amides is 1. The lowest BCUT2D eigenvalue weighted by Gasteiger charge is -2.27. The number of halogens is 1. The SMILES string of the molecule is CCC(CC)(NC(=O)c1cc(Cl)c[nH]1)C(=O)O. The summed E-state index contributed by atoms with van der Waals surface area (Å²) in [6.07, 6.45) is 2.11. The molecule has 0 radical (unpaired) electrons. The number of aromatic amines is 1. The Bertz CT molecular complexity index is 424. The van der Waals surface area contributed by atoms with Crippen molar-refractivity contribution in [3.8, 4) is 0 Å². The highest BCUT2D eigenvalue weighted by Gasteiger charge is 2.36. The highest BCUT2D eigenvalue weighted by atomic mass is 35.5. The normalized spacial score (nSPS) is 11.2. The Hall–Kier alpha value is -1.49. The van der Waals surface area contributed by atoms with Crippen LogP contribution in [0.3, 0.4) is 0 Å². The van der Waals surface area contributed by atoms with Gasteiger partial charge in [0.1, 0.15) is 11.2 Å². The fraction of sp³-hybridized carbons (Fsp3) is 0.455. The second-order valence-corrected chi connectivity index (χ2v) is 4.22. The number of nitrogens with one attached hydrogen (secondary N) is 2. The molecule has 0 spiro atoms. The smallest absolute Gasteiger partial charge is 0.329 e. The largest absolute Gasteiger partial charge is 0.480 e. The van der Waals surface area contributed by atoms with Crippen molar-refractivity contribution in [3.05, 3.63) is 23.0 Å². The van der Waals surface area contributed by atoms with Crippen LogP contribution in [-0.2, 0) is 4.79 Å². The second-order valence-electron chi connectivity index (χ2n) is 3.78. The Morgan fingerprint density at radius 2 is 2.06 bits per heavy atom. The molecule has 0 aliphatic carbocycles. The van der Waals surface area contributed by atoms with Crippen molar-refractivity contribution in [2.75, 3.05) is 0 Å². The van der Waals surface area contributed by atoms with Gasteiger partial charge < -0.3 is 15.4 Å². The molecule has 0 bridgehead atoms. The molecule has 0 aliphatic rings. The van der Waals surface area contributed by atoms with E-state index >= 15 is 0 Å². The molecule has 0 aromatic carbocycles. The second kappa shape index (κ2) is 5.23. The molecule has 0 saturated heterocycles. The van der Waals surface area contributed by atoms with E-state index < -0.39 is 17.4 Å². The average molecular weight is 259 g/mol. The summed E-state index contributed by atoms with van der Waals surface area (Å²) in [6.45, 7) is 3.44. The number of carbonyl (C=O) groups is 2. The Balaban J connectivity index is 2.88. The van der Waals surface area contributed by atoms with Crippen molar-refractivity contribution >= 4 is 23.5 Å². The fourth-order valence-corrected chi connectivity index (χ4v) is 1.73. The fourth-order valence-electron chi connectivity index (χ4n) is 1.57. The molecule has 1 rings (SSSR count). The molecule has 17 heavy (non-hydrogen) atoms. The summed E-state index contributed by atoms with van der Waals surface area (Å²) < 4.78 is 0. The Labute approximate surface area is 104 Å². The van der Waals surface area contributed by atoms with Crippen LogP contribution in [0.15, 0.2) is 12.3 Å². The lowest BCUT2D eigenvalue weighted by Crippen LogP contribution is -2.53. The van der Waals surface area contributed by atoms with Crippen LogP contribution in [0.25, 0.3) is 0 Å². The van der Waals surface area contributed by atoms with E-state index in [0.717, 1.165) is 0 Å². The molecule has 3 N–H and O–H groups in total. The lowest BCUT2D eigenvalue weighted by atomic mass is 9.93. The summed E-state index contributed by atoms with van der Waals surface area (Å²) in [5, 5.41) is 12.1. The van der Waals surface area contributed by atoms with Gasteiger partial charge in [-0.1, -0.05) is 25.4 Å². The summed E-state index contributed by atoms with van der Waals surface area (Å²) in [6, 6.07) is 1.45. The van der Waals surface area contributed by atoms with E-state index in [9.17, 15) is 14.7 Å². The molecule has 94 valence electrons. The number of hydrogen-bond acceptors (Lipinski definition) is 2. The van der Waals surface area contributed by atoms with E-state index in [2.05, 4.69) is 10.3 Å². The zero-order chi connectivity index (χ0) is 13.1. The first-order valence-electron chi connectivity index (χ1n) is 5.35. The van der Waals surface area contributed by atoms with Gasteiger partial charge in [-0.3, -0.25) is 4.79 Å². The van der Waals surface area contributed by atoms with Crippen LogP contribution < -0.4 is 5.32 Å². The quantitative estimate of drug-likeness (QED) is 0.756. The maximum absolute atomic E-state index is 11.8. The van der Waals surface area contributed by atoms with E-state index in [0.29, 0.717) is 17.9 Å². The van der Waals surface area contributed by atoms with E-state index in [-0.39, 0.29) is 5.69 Å². The van der Waals surface area contributed by atoms with Crippen LogP contribution >= 0.6 is 11.6 Å². The topological polar surface area (TPSA) is 82.2 Å². The molecule has 1 aromatic heterocycles. The molecule has 1 amide bonds. The minimum atomic E-state index is -1.23. The van der Waals surface area contributed by atoms with Crippen LogP contribution in [0, 0.1) is 0 Å². The third-order valence-corrected chi connectivity index (χ3v) is 3.08. The molecule has 6 heteroatoms.